The van der Waals surface area contributed by atoms with Crippen LogP contribution < -0.4 is 16.4 Å². The summed E-state index contributed by atoms with van der Waals surface area (Å²) in [7, 11) is 0. The lowest BCUT2D eigenvalue weighted by atomic mass is 10.4. The first-order valence-corrected chi connectivity index (χ1v) is 5.28. The molecule has 0 unspecified atom stereocenters. The third-order valence-corrected chi connectivity index (χ3v) is 0.780. The zero-order valence-electron chi connectivity index (χ0n) is 10.1. The van der Waals surface area contributed by atoms with E-state index in [1.165, 1.54) is 6.42 Å². The summed E-state index contributed by atoms with van der Waals surface area (Å²) in [5.74, 6) is 0. The van der Waals surface area contributed by atoms with Crippen LogP contribution in [0.15, 0.2) is 0 Å². The minimum Gasteiger partial charge on any atom is -0.397 e. The van der Waals surface area contributed by atoms with Gasteiger partial charge < -0.3 is 15.3 Å². The van der Waals surface area contributed by atoms with Gasteiger partial charge >= 0.3 is 0 Å². The molecule has 1 aliphatic heterocycles. The van der Waals surface area contributed by atoms with Crippen LogP contribution in [0.2, 0.25) is 0 Å². The first-order valence-electron chi connectivity index (χ1n) is 5.28. The molecular formula is C9H27N3O3. The van der Waals surface area contributed by atoms with Crippen LogP contribution in [0.3, 0.4) is 0 Å². The van der Waals surface area contributed by atoms with Crippen molar-refractivity contribution in [2.24, 2.45) is 0 Å². The zero-order chi connectivity index (χ0) is 12.4. The minimum atomic E-state index is 0.250. The average Bonchev–Trinajstić information content (AvgIpc) is 2.24. The lowest BCUT2D eigenvalue weighted by molar-refractivity contribution is 0.318. The van der Waals surface area contributed by atoms with Gasteiger partial charge in [0.2, 0.25) is 0 Å². The smallest absolute Gasteiger partial charge is 0.0402 e. The number of hydrazine groups is 2. The highest BCUT2D eigenvalue weighted by atomic mass is 16.3. The average molecular weight is 225 g/mol. The normalized spacial score (nSPS) is 13.2. The van der Waals surface area contributed by atoms with E-state index in [0.29, 0.717) is 0 Å². The Hall–Kier alpha value is -0.240. The molecule has 0 aromatic rings. The van der Waals surface area contributed by atoms with Crippen molar-refractivity contribution in [1.29, 1.82) is 0 Å². The quantitative estimate of drug-likeness (QED) is 0.316. The SMILES string of the molecule is C1CNNNC1.CCO.CCO.CCO. The molecule has 0 atom stereocenters. The van der Waals surface area contributed by atoms with Crippen molar-refractivity contribution >= 4 is 0 Å². The molecular weight excluding hydrogens is 198 g/mol. The molecule has 0 spiro atoms. The van der Waals surface area contributed by atoms with Crippen LogP contribution in [-0.4, -0.2) is 48.2 Å². The van der Waals surface area contributed by atoms with Crippen LogP contribution in [-0.2, 0) is 0 Å². The van der Waals surface area contributed by atoms with Crippen molar-refractivity contribution in [3.05, 3.63) is 0 Å². The number of aliphatic hydroxyl groups is 3. The van der Waals surface area contributed by atoms with Crippen LogP contribution in [0.5, 0.6) is 0 Å². The second-order valence-corrected chi connectivity index (χ2v) is 2.28. The summed E-state index contributed by atoms with van der Waals surface area (Å²) < 4.78 is 0. The summed E-state index contributed by atoms with van der Waals surface area (Å²) in [6.45, 7) is 7.94. The molecule has 0 bridgehead atoms. The number of nitrogens with one attached hydrogen (secondary N) is 3. The number of hydrogen-bond acceptors (Lipinski definition) is 6. The van der Waals surface area contributed by atoms with Gasteiger partial charge in [-0.25, -0.2) is 10.9 Å². The van der Waals surface area contributed by atoms with Gasteiger partial charge in [0.25, 0.3) is 0 Å². The lowest BCUT2D eigenvalue weighted by Gasteiger charge is -2.12. The number of aliphatic hydroxyl groups excluding tert-OH is 3. The van der Waals surface area contributed by atoms with E-state index in [-0.39, 0.29) is 19.8 Å². The van der Waals surface area contributed by atoms with Crippen LogP contribution in [0.25, 0.3) is 0 Å². The second kappa shape index (κ2) is 29.2. The van der Waals surface area contributed by atoms with E-state index < -0.39 is 0 Å². The highest BCUT2D eigenvalue weighted by Crippen LogP contribution is 1.71. The third-order valence-electron chi connectivity index (χ3n) is 0.780. The molecule has 6 N–H and O–H groups in total. The van der Waals surface area contributed by atoms with Gasteiger partial charge in [-0.05, 0) is 27.2 Å². The molecule has 15 heavy (non-hydrogen) atoms. The van der Waals surface area contributed by atoms with Crippen molar-refractivity contribution in [2.45, 2.75) is 27.2 Å². The maximum atomic E-state index is 7.57. The summed E-state index contributed by atoms with van der Waals surface area (Å²) in [6.07, 6.45) is 1.22. The van der Waals surface area contributed by atoms with Crippen molar-refractivity contribution in [1.82, 2.24) is 16.4 Å². The molecule has 1 heterocycles. The molecule has 1 saturated heterocycles. The Balaban J connectivity index is -0.000000140. The van der Waals surface area contributed by atoms with E-state index in [4.69, 9.17) is 15.3 Å². The zero-order valence-corrected chi connectivity index (χ0v) is 10.1. The fourth-order valence-electron chi connectivity index (χ4n) is 0.453. The summed E-state index contributed by atoms with van der Waals surface area (Å²) >= 11 is 0. The Morgan fingerprint density at radius 2 is 1.07 bits per heavy atom. The van der Waals surface area contributed by atoms with Gasteiger partial charge in [-0.2, -0.15) is 5.53 Å². The maximum absolute atomic E-state index is 7.57. The fraction of sp³-hybridized carbons (Fsp3) is 1.00. The molecule has 1 rings (SSSR count). The molecule has 96 valence electrons. The van der Waals surface area contributed by atoms with Crippen molar-refractivity contribution in [3.8, 4) is 0 Å². The van der Waals surface area contributed by atoms with E-state index in [1.807, 2.05) is 0 Å². The van der Waals surface area contributed by atoms with Gasteiger partial charge in [-0.3, -0.25) is 0 Å². The molecule has 0 saturated carbocycles. The van der Waals surface area contributed by atoms with Gasteiger partial charge in [-0.15, -0.1) is 0 Å². The predicted octanol–water partition coefficient (Wildman–Crippen LogP) is -1.02. The summed E-state index contributed by atoms with van der Waals surface area (Å²) in [5.41, 5.74) is 8.63. The van der Waals surface area contributed by atoms with E-state index in [2.05, 4.69) is 16.4 Å². The largest absolute Gasteiger partial charge is 0.397 e. The Labute approximate surface area is 92.6 Å². The van der Waals surface area contributed by atoms with E-state index in [0.717, 1.165) is 13.1 Å². The highest BCUT2D eigenvalue weighted by Gasteiger charge is 1.90. The molecule has 0 aromatic heterocycles. The first kappa shape index (κ1) is 20.2. The molecule has 0 amide bonds. The molecule has 6 heteroatoms. The summed E-state index contributed by atoms with van der Waals surface area (Å²) in [4.78, 5) is 0. The Kier molecular flexibility index (Phi) is 39.3. The van der Waals surface area contributed by atoms with Crippen molar-refractivity contribution in [2.75, 3.05) is 32.9 Å². The lowest BCUT2D eigenvalue weighted by Crippen LogP contribution is -2.49. The van der Waals surface area contributed by atoms with Gasteiger partial charge in [-0.1, -0.05) is 0 Å². The molecule has 0 aromatic carbocycles. The van der Waals surface area contributed by atoms with Crippen molar-refractivity contribution in [3.63, 3.8) is 0 Å². The maximum Gasteiger partial charge on any atom is 0.0402 e. The Morgan fingerprint density at radius 3 is 1.13 bits per heavy atom. The minimum absolute atomic E-state index is 0.250. The molecule has 1 aliphatic rings. The van der Waals surface area contributed by atoms with E-state index >= 15 is 0 Å². The summed E-state index contributed by atoms with van der Waals surface area (Å²) in [6, 6.07) is 0. The third kappa shape index (κ3) is 57.4. The highest BCUT2D eigenvalue weighted by molar-refractivity contribution is 4.47. The van der Waals surface area contributed by atoms with E-state index in [1.54, 1.807) is 20.8 Å². The first-order chi connectivity index (χ1) is 7.24. The van der Waals surface area contributed by atoms with Gasteiger partial charge in [0, 0.05) is 32.9 Å². The van der Waals surface area contributed by atoms with E-state index in [9.17, 15) is 0 Å². The summed E-state index contributed by atoms with van der Waals surface area (Å²) in [5, 5.41) is 22.7. The number of rotatable bonds is 0. The van der Waals surface area contributed by atoms with Crippen LogP contribution in [0, 0.1) is 0 Å². The standard InChI is InChI=1S/C3H9N3.3C2H6O/c1-2-4-6-5-3-1;3*1-2-3/h4-6H,1-3H2;3*3H,2H2,1H3. The number of hydrogen-bond donors (Lipinski definition) is 6. The second-order valence-electron chi connectivity index (χ2n) is 2.28. The molecule has 1 fully saturated rings. The molecule has 0 aliphatic carbocycles. The monoisotopic (exact) mass is 225 g/mol. The predicted molar refractivity (Wildman–Crippen MR) is 62.0 cm³/mol. The van der Waals surface area contributed by atoms with Gasteiger partial charge in [0.1, 0.15) is 0 Å². The molecule has 0 radical (unpaired) electrons. The van der Waals surface area contributed by atoms with Gasteiger partial charge in [0.15, 0.2) is 0 Å². The Morgan fingerprint density at radius 1 is 0.800 bits per heavy atom. The Bertz CT molecular complexity index is 57.4. The van der Waals surface area contributed by atoms with Crippen LogP contribution >= 0.6 is 0 Å². The van der Waals surface area contributed by atoms with Gasteiger partial charge in [0.05, 0.1) is 0 Å². The van der Waals surface area contributed by atoms with Crippen LogP contribution in [0.4, 0.5) is 0 Å². The topological polar surface area (TPSA) is 96.8 Å². The van der Waals surface area contributed by atoms with Crippen molar-refractivity contribution < 1.29 is 15.3 Å². The fourth-order valence-corrected chi connectivity index (χ4v) is 0.453. The molecule has 6 nitrogen and oxygen atoms in total. The van der Waals surface area contributed by atoms with Crippen LogP contribution in [0.1, 0.15) is 27.2 Å².